The van der Waals surface area contributed by atoms with E-state index in [1.54, 1.807) is 0 Å². The van der Waals surface area contributed by atoms with Gasteiger partial charge in [0, 0.05) is 0 Å². The number of hydrogen-bond donors (Lipinski definition) is 0. The van der Waals surface area contributed by atoms with E-state index in [1.807, 2.05) is 0 Å². The number of hydrogen-bond acceptors (Lipinski definition) is 2. The summed E-state index contributed by atoms with van der Waals surface area (Å²) in [6.07, 6.45) is 4.37. The zero-order valence-corrected chi connectivity index (χ0v) is 10.5. The first-order valence-corrected chi connectivity index (χ1v) is 6.44. The minimum Gasteiger partial charge on any atom is -0.306 e. The lowest BCUT2D eigenvalue weighted by atomic mass is 9.91. The van der Waals surface area contributed by atoms with Crippen molar-refractivity contribution in [1.82, 2.24) is 4.90 Å². The SMILES string of the molecule is CN1CCCC(c2ccc(CC#N)cc2)CC1. The summed E-state index contributed by atoms with van der Waals surface area (Å²) in [5, 5.41) is 8.65. The highest BCUT2D eigenvalue weighted by atomic mass is 15.1. The molecule has 0 N–H and O–H groups in total. The van der Waals surface area contributed by atoms with Gasteiger partial charge in [-0.15, -0.1) is 0 Å². The summed E-state index contributed by atoms with van der Waals surface area (Å²) in [7, 11) is 2.21. The third-order valence-electron chi connectivity index (χ3n) is 3.69. The third kappa shape index (κ3) is 3.31. The number of nitriles is 1. The van der Waals surface area contributed by atoms with Gasteiger partial charge in [0.15, 0.2) is 0 Å². The zero-order valence-electron chi connectivity index (χ0n) is 10.5. The largest absolute Gasteiger partial charge is 0.306 e. The van der Waals surface area contributed by atoms with Crippen LogP contribution in [0.15, 0.2) is 24.3 Å². The second-order valence-electron chi connectivity index (χ2n) is 5.01. The molecule has 1 aliphatic rings. The fourth-order valence-electron chi connectivity index (χ4n) is 2.57. The Kier molecular flexibility index (Phi) is 4.17. The van der Waals surface area contributed by atoms with Crippen molar-refractivity contribution in [3.05, 3.63) is 35.4 Å². The molecule has 1 aromatic rings. The molecule has 1 aromatic carbocycles. The molecule has 90 valence electrons. The van der Waals surface area contributed by atoms with Gasteiger partial charge in [0.25, 0.3) is 0 Å². The van der Waals surface area contributed by atoms with Crippen molar-refractivity contribution in [2.24, 2.45) is 0 Å². The number of likely N-dealkylation sites (tertiary alicyclic amines) is 1. The van der Waals surface area contributed by atoms with Gasteiger partial charge < -0.3 is 4.90 Å². The van der Waals surface area contributed by atoms with E-state index < -0.39 is 0 Å². The molecule has 1 atom stereocenters. The van der Waals surface area contributed by atoms with E-state index in [1.165, 1.54) is 37.9 Å². The molecule has 0 aromatic heterocycles. The molecular formula is C15H20N2. The first-order chi connectivity index (χ1) is 8.29. The van der Waals surface area contributed by atoms with Crippen molar-refractivity contribution in [3.63, 3.8) is 0 Å². The molecule has 2 rings (SSSR count). The number of rotatable bonds is 2. The predicted octanol–water partition coefficient (Wildman–Crippen LogP) is 2.95. The molecule has 0 aliphatic carbocycles. The Morgan fingerprint density at radius 1 is 1.24 bits per heavy atom. The van der Waals surface area contributed by atoms with Crippen LogP contribution in [0.3, 0.4) is 0 Å². The van der Waals surface area contributed by atoms with Gasteiger partial charge in [-0.2, -0.15) is 5.26 Å². The van der Waals surface area contributed by atoms with Crippen LogP contribution >= 0.6 is 0 Å². The van der Waals surface area contributed by atoms with E-state index in [2.05, 4.69) is 42.3 Å². The summed E-state index contributed by atoms with van der Waals surface area (Å²) in [5.41, 5.74) is 2.57. The lowest BCUT2D eigenvalue weighted by Gasteiger charge is -2.15. The molecule has 1 aliphatic heterocycles. The van der Waals surface area contributed by atoms with Crippen LogP contribution in [0, 0.1) is 11.3 Å². The van der Waals surface area contributed by atoms with E-state index >= 15 is 0 Å². The fraction of sp³-hybridized carbons (Fsp3) is 0.533. The lowest BCUT2D eigenvalue weighted by molar-refractivity contribution is 0.347. The molecule has 1 unspecified atom stereocenters. The summed E-state index contributed by atoms with van der Waals surface area (Å²) >= 11 is 0. The highest BCUT2D eigenvalue weighted by Gasteiger charge is 2.16. The molecule has 1 saturated heterocycles. The van der Waals surface area contributed by atoms with Gasteiger partial charge in [0.2, 0.25) is 0 Å². The normalized spacial score (nSPS) is 21.8. The second kappa shape index (κ2) is 5.84. The average molecular weight is 228 g/mol. The maximum Gasteiger partial charge on any atom is 0.0669 e. The van der Waals surface area contributed by atoms with Crippen LogP contribution in [0.2, 0.25) is 0 Å². The monoisotopic (exact) mass is 228 g/mol. The van der Waals surface area contributed by atoms with E-state index in [0.717, 1.165) is 5.56 Å². The standard InChI is InChI=1S/C15H20N2/c1-17-11-2-3-14(9-12-17)15-6-4-13(5-7-15)8-10-16/h4-7,14H,2-3,8-9,11-12H2,1H3. The third-order valence-corrected chi connectivity index (χ3v) is 3.69. The van der Waals surface area contributed by atoms with Crippen LogP contribution < -0.4 is 0 Å². The Balaban J connectivity index is 2.04. The van der Waals surface area contributed by atoms with Gasteiger partial charge in [-0.1, -0.05) is 24.3 Å². The predicted molar refractivity (Wildman–Crippen MR) is 69.8 cm³/mol. The summed E-state index contributed by atoms with van der Waals surface area (Å²) in [5.74, 6) is 0.705. The highest BCUT2D eigenvalue weighted by Crippen LogP contribution is 2.27. The Labute approximate surface area is 104 Å². The number of nitrogens with zero attached hydrogens (tertiary/aromatic N) is 2. The molecule has 2 nitrogen and oxygen atoms in total. The van der Waals surface area contributed by atoms with Crippen molar-refractivity contribution in [2.75, 3.05) is 20.1 Å². The molecule has 0 bridgehead atoms. The quantitative estimate of drug-likeness (QED) is 0.778. The van der Waals surface area contributed by atoms with Crippen LogP contribution in [0.4, 0.5) is 0 Å². The molecule has 17 heavy (non-hydrogen) atoms. The minimum absolute atomic E-state index is 0.522. The maximum absolute atomic E-state index is 8.65. The Bertz CT molecular complexity index is 388. The van der Waals surface area contributed by atoms with E-state index in [4.69, 9.17) is 5.26 Å². The van der Waals surface area contributed by atoms with Crippen LogP contribution in [0.25, 0.3) is 0 Å². The second-order valence-corrected chi connectivity index (χ2v) is 5.01. The van der Waals surface area contributed by atoms with Crippen LogP contribution in [-0.2, 0) is 6.42 Å². The van der Waals surface area contributed by atoms with Crippen LogP contribution in [0.5, 0.6) is 0 Å². The number of benzene rings is 1. The van der Waals surface area contributed by atoms with Crippen molar-refractivity contribution >= 4 is 0 Å². The van der Waals surface area contributed by atoms with Crippen molar-refractivity contribution in [3.8, 4) is 6.07 Å². The Morgan fingerprint density at radius 3 is 2.71 bits per heavy atom. The first-order valence-electron chi connectivity index (χ1n) is 6.44. The topological polar surface area (TPSA) is 27.0 Å². The Hall–Kier alpha value is -1.33. The first kappa shape index (κ1) is 12.1. The maximum atomic E-state index is 8.65. The highest BCUT2D eigenvalue weighted by molar-refractivity contribution is 5.27. The van der Waals surface area contributed by atoms with Gasteiger partial charge in [-0.05, 0) is 56.4 Å². The van der Waals surface area contributed by atoms with Crippen molar-refractivity contribution < 1.29 is 0 Å². The zero-order chi connectivity index (χ0) is 12.1. The molecule has 2 heteroatoms. The molecule has 0 spiro atoms. The Morgan fingerprint density at radius 2 is 2.00 bits per heavy atom. The van der Waals surface area contributed by atoms with E-state index in [-0.39, 0.29) is 0 Å². The fourth-order valence-corrected chi connectivity index (χ4v) is 2.57. The van der Waals surface area contributed by atoms with Crippen molar-refractivity contribution in [1.29, 1.82) is 5.26 Å². The molecule has 1 heterocycles. The molecule has 1 fully saturated rings. The van der Waals surface area contributed by atoms with Crippen LogP contribution in [0.1, 0.15) is 36.3 Å². The van der Waals surface area contributed by atoms with Gasteiger partial charge in [0.05, 0.1) is 12.5 Å². The van der Waals surface area contributed by atoms with Crippen molar-refractivity contribution in [2.45, 2.75) is 31.6 Å². The van der Waals surface area contributed by atoms with Crippen LogP contribution in [-0.4, -0.2) is 25.0 Å². The van der Waals surface area contributed by atoms with E-state index in [0.29, 0.717) is 12.3 Å². The summed E-state index contributed by atoms with van der Waals surface area (Å²) in [4.78, 5) is 2.42. The van der Waals surface area contributed by atoms with Gasteiger partial charge in [-0.3, -0.25) is 0 Å². The van der Waals surface area contributed by atoms with Gasteiger partial charge in [-0.25, -0.2) is 0 Å². The summed E-state index contributed by atoms with van der Waals surface area (Å²) in [6.45, 7) is 2.42. The smallest absolute Gasteiger partial charge is 0.0669 e. The lowest BCUT2D eigenvalue weighted by Crippen LogP contribution is -2.18. The van der Waals surface area contributed by atoms with E-state index in [9.17, 15) is 0 Å². The summed E-state index contributed by atoms with van der Waals surface area (Å²) < 4.78 is 0. The van der Waals surface area contributed by atoms with Gasteiger partial charge >= 0.3 is 0 Å². The molecular weight excluding hydrogens is 208 g/mol. The van der Waals surface area contributed by atoms with Gasteiger partial charge in [0.1, 0.15) is 0 Å². The molecule has 0 amide bonds. The average Bonchev–Trinajstić information content (AvgIpc) is 2.56. The summed E-state index contributed by atoms with van der Waals surface area (Å²) in [6, 6.07) is 10.8. The minimum atomic E-state index is 0.522. The molecule has 0 radical (unpaired) electrons. The molecule has 0 saturated carbocycles.